The molecule has 2 heterocycles. The molecule has 0 radical (unpaired) electrons. The molecule has 18 heavy (non-hydrogen) atoms. The van der Waals surface area contributed by atoms with E-state index in [4.69, 9.17) is 9.47 Å². The number of hydrogen-bond acceptors (Lipinski definition) is 4. The SMILES string of the molecule is CNC(Cn1cccn1)c1ccc2c(c1)OCO2. The Labute approximate surface area is 105 Å². The van der Waals surface area contributed by atoms with E-state index in [1.165, 1.54) is 0 Å². The molecular weight excluding hydrogens is 230 g/mol. The van der Waals surface area contributed by atoms with Gasteiger partial charge in [-0.25, -0.2) is 0 Å². The molecule has 5 heteroatoms. The molecule has 1 atom stereocenters. The topological polar surface area (TPSA) is 48.3 Å². The number of nitrogens with zero attached hydrogens (tertiary/aromatic N) is 2. The lowest BCUT2D eigenvalue weighted by molar-refractivity contribution is 0.174. The maximum atomic E-state index is 5.40. The average molecular weight is 245 g/mol. The second-order valence-electron chi connectivity index (χ2n) is 4.18. The Hall–Kier alpha value is -2.01. The Kier molecular flexibility index (Phi) is 2.90. The molecule has 0 aliphatic carbocycles. The number of benzene rings is 1. The first-order valence-corrected chi connectivity index (χ1v) is 5.91. The standard InChI is InChI=1S/C13H15N3O2/c1-14-11(8-16-6-2-5-15-16)10-3-4-12-13(7-10)18-9-17-12/h2-7,11,14H,8-9H2,1H3. The quantitative estimate of drug-likeness (QED) is 0.888. The van der Waals surface area contributed by atoms with E-state index < -0.39 is 0 Å². The van der Waals surface area contributed by atoms with Crippen molar-refractivity contribution < 1.29 is 9.47 Å². The molecule has 2 aromatic rings. The van der Waals surface area contributed by atoms with Gasteiger partial charge in [-0.05, 0) is 30.8 Å². The number of likely N-dealkylation sites (N-methyl/N-ethyl adjacent to an activating group) is 1. The molecule has 0 saturated heterocycles. The van der Waals surface area contributed by atoms with Gasteiger partial charge < -0.3 is 14.8 Å². The normalized spacial score (nSPS) is 14.7. The fourth-order valence-electron chi connectivity index (χ4n) is 2.09. The molecule has 0 spiro atoms. The summed E-state index contributed by atoms with van der Waals surface area (Å²) in [6.45, 7) is 1.09. The number of aromatic nitrogens is 2. The monoisotopic (exact) mass is 245 g/mol. The molecule has 1 N–H and O–H groups in total. The fraction of sp³-hybridized carbons (Fsp3) is 0.308. The highest BCUT2D eigenvalue weighted by Gasteiger charge is 2.17. The molecule has 0 amide bonds. The smallest absolute Gasteiger partial charge is 0.231 e. The number of fused-ring (bicyclic) bond motifs is 1. The Morgan fingerprint density at radius 2 is 2.28 bits per heavy atom. The van der Waals surface area contributed by atoms with E-state index in [0.29, 0.717) is 6.79 Å². The number of hydrogen-bond donors (Lipinski definition) is 1. The third kappa shape index (κ3) is 2.04. The maximum absolute atomic E-state index is 5.40. The summed E-state index contributed by atoms with van der Waals surface area (Å²) in [5.41, 5.74) is 1.16. The molecule has 1 aliphatic heterocycles. The van der Waals surface area contributed by atoms with Crippen LogP contribution in [-0.4, -0.2) is 23.6 Å². The highest BCUT2D eigenvalue weighted by molar-refractivity contribution is 5.45. The van der Waals surface area contributed by atoms with Crippen LogP contribution in [0, 0.1) is 0 Å². The molecule has 94 valence electrons. The third-order valence-corrected chi connectivity index (χ3v) is 3.08. The molecule has 1 aliphatic rings. The van der Waals surface area contributed by atoms with Crippen molar-refractivity contribution in [2.45, 2.75) is 12.6 Å². The highest BCUT2D eigenvalue weighted by atomic mass is 16.7. The van der Waals surface area contributed by atoms with Gasteiger partial charge in [0.1, 0.15) is 0 Å². The second-order valence-corrected chi connectivity index (χ2v) is 4.18. The predicted octanol–water partition coefficient (Wildman–Crippen LogP) is 1.57. The van der Waals surface area contributed by atoms with Crippen molar-refractivity contribution in [2.75, 3.05) is 13.8 Å². The van der Waals surface area contributed by atoms with E-state index >= 15 is 0 Å². The molecular formula is C13H15N3O2. The summed E-state index contributed by atoms with van der Waals surface area (Å²) < 4.78 is 12.6. The van der Waals surface area contributed by atoms with Crippen LogP contribution in [0.5, 0.6) is 11.5 Å². The Balaban J connectivity index is 1.83. The highest BCUT2D eigenvalue weighted by Crippen LogP contribution is 2.34. The van der Waals surface area contributed by atoms with Crippen molar-refractivity contribution in [3.8, 4) is 11.5 Å². The van der Waals surface area contributed by atoms with E-state index in [2.05, 4.69) is 16.5 Å². The van der Waals surface area contributed by atoms with Crippen LogP contribution >= 0.6 is 0 Å². The van der Waals surface area contributed by atoms with Crippen LogP contribution in [-0.2, 0) is 6.54 Å². The largest absolute Gasteiger partial charge is 0.454 e. The van der Waals surface area contributed by atoms with Crippen molar-refractivity contribution in [1.82, 2.24) is 15.1 Å². The Morgan fingerprint density at radius 3 is 3.06 bits per heavy atom. The second kappa shape index (κ2) is 4.70. The van der Waals surface area contributed by atoms with Crippen molar-refractivity contribution in [3.05, 3.63) is 42.2 Å². The van der Waals surface area contributed by atoms with Gasteiger partial charge in [-0.1, -0.05) is 6.07 Å². The van der Waals surface area contributed by atoms with Gasteiger partial charge in [0.05, 0.1) is 12.6 Å². The maximum Gasteiger partial charge on any atom is 0.231 e. The number of rotatable bonds is 4. The molecule has 5 nitrogen and oxygen atoms in total. The zero-order valence-corrected chi connectivity index (χ0v) is 10.2. The lowest BCUT2D eigenvalue weighted by Crippen LogP contribution is -2.22. The minimum Gasteiger partial charge on any atom is -0.454 e. The molecule has 0 bridgehead atoms. The van der Waals surface area contributed by atoms with Crippen LogP contribution in [0.4, 0.5) is 0 Å². The van der Waals surface area contributed by atoms with E-state index in [-0.39, 0.29) is 6.04 Å². The van der Waals surface area contributed by atoms with Gasteiger partial charge in [0, 0.05) is 12.4 Å². The number of ether oxygens (including phenoxy) is 2. The molecule has 1 aromatic heterocycles. The van der Waals surface area contributed by atoms with Gasteiger partial charge >= 0.3 is 0 Å². The summed E-state index contributed by atoms with van der Waals surface area (Å²) in [4.78, 5) is 0. The van der Waals surface area contributed by atoms with Crippen LogP contribution in [0.1, 0.15) is 11.6 Å². The fourth-order valence-corrected chi connectivity index (χ4v) is 2.09. The first-order chi connectivity index (χ1) is 8.86. The molecule has 0 fully saturated rings. The molecule has 1 unspecified atom stereocenters. The van der Waals surface area contributed by atoms with Crippen LogP contribution in [0.25, 0.3) is 0 Å². The summed E-state index contributed by atoms with van der Waals surface area (Å²) in [6, 6.07) is 8.14. The summed E-state index contributed by atoms with van der Waals surface area (Å²) in [5, 5.41) is 7.51. The zero-order chi connectivity index (χ0) is 12.4. The Morgan fingerprint density at radius 1 is 1.39 bits per heavy atom. The molecule has 1 aromatic carbocycles. The van der Waals surface area contributed by atoms with Crippen molar-refractivity contribution in [2.24, 2.45) is 0 Å². The van der Waals surface area contributed by atoms with Gasteiger partial charge in [0.25, 0.3) is 0 Å². The number of nitrogens with one attached hydrogen (secondary N) is 1. The van der Waals surface area contributed by atoms with Gasteiger partial charge in [-0.3, -0.25) is 4.68 Å². The minimum absolute atomic E-state index is 0.194. The minimum atomic E-state index is 0.194. The van der Waals surface area contributed by atoms with E-state index in [0.717, 1.165) is 23.6 Å². The first-order valence-electron chi connectivity index (χ1n) is 5.91. The van der Waals surface area contributed by atoms with Crippen molar-refractivity contribution in [3.63, 3.8) is 0 Å². The molecule has 0 saturated carbocycles. The van der Waals surface area contributed by atoms with Crippen LogP contribution in [0.15, 0.2) is 36.7 Å². The van der Waals surface area contributed by atoms with Crippen molar-refractivity contribution in [1.29, 1.82) is 0 Å². The summed E-state index contributed by atoms with van der Waals surface area (Å²) >= 11 is 0. The van der Waals surface area contributed by atoms with Crippen LogP contribution in [0.3, 0.4) is 0 Å². The van der Waals surface area contributed by atoms with E-state index in [1.807, 2.05) is 36.1 Å². The van der Waals surface area contributed by atoms with Crippen LogP contribution < -0.4 is 14.8 Å². The van der Waals surface area contributed by atoms with Gasteiger partial charge in [0.15, 0.2) is 11.5 Å². The van der Waals surface area contributed by atoms with Gasteiger partial charge in [-0.15, -0.1) is 0 Å². The third-order valence-electron chi connectivity index (χ3n) is 3.08. The van der Waals surface area contributed by atoms with Gasteiger partial charge in [0.2, 0.25) is 6.79 Å². The Bertz CT molecular complexity index is 525. The van der Waals surface area contributed by atoms with E-state index in [9.17, 15) is 0 Å². The lowest BCUT2D eigenvalue weighted by Gasteiger charge is -2.17. The van der Waals surface area contributed by atoms with E-state index in [1.54, 1.807) is 6.20 Å². The average Bonchev–Trinajstić information content (AvgIpc) is 3.06. The predicted molar refractivity (Wildman–Crippen MR) is 66.6 cm³/mol. The summed E-state index contributed by atoms with van der Waals surface area (Å²) in [5.74, 6) is 1.63. The molecule has 3 rings (SSSR count). The van der Waals surface area contributed by atoms with Crippen molar-refractivity contribution >= 4 is 0 Å². The zero-order valence-electron chi connectivity index (χ0n) is 10.2. The van der Waals surface area contributed by atoms with Gasteiger partial charge in [-0.2, -0.15) is 5.10 Å². The van der Waals surface area contributed by atoms with Crippen LogP contribution in [0.2, 0.25) is 0 Å². The summed E-state index contributed by atoms with van der Waals surface area (Å²) in [7, 11) is 1.94. The first kappa shape index (κ1) is 11.1. The lowest BCUT2D eigenvalue weighted by atomic mass is 10.1. The summed E-state index contributed by atoms with van der Waals surface area (Å²) in [6.07, 6.45) is 3.74.